The molecule has 0 saturated heterocycles. The third-order valence-electron chi connectivity index (χ3n) is 3.49. The summed E-state index contributed by atoms with van der Waals surface area (Å²) in [5.74, 6) is 0. The van der Waals surface area contributed by atoms with Crippen molar-refractivity contribution in [2.45, 2.75) is 37.1 Å². The van der Waals surface area contributed by atoms with E-state index in [0.717, 1.165) is 12.1 Å². The van der Waals surface area contributed by atoms with E-state index in [2.05, 4.69) is 25.2 Å². The summed E-state index contributed by atoms with van der Waals surface area (Å²) in [7, 11) is 1.63. The van der Waals surface area contributed by atoms with Crippen molar-refractivity contribution in [1.82, 2.24) is 0 Å². The number of rotatable bonds is 6. The molecule has 5 heteroatoms. The number of allylic oxidation sites excluding steroid dienone is 2. The number of hydrogen-bond acceptors (Lipinski definition) is 3. The summed E-state index contributed by atoms with van der Waals surface area (Å²) in [5, 5.41) is 0. The Morgan fingerprint density at radius 2 is 1.75 bits per heavy atom. The molecular formula is C11H24O3Si2. The van der Waals surface area contributed by atoms with Crippen LogP contribution in [0.5, 0.6) is 0 Å². The third-order valence-corrected chi connectivity index (χ3v) is 13.0. The van der Waals surface area contributed by atoms with Crippen molar-refractivity contribution in [3.8, 4) is 0 Å². The van der Waals surface area contributed by atoms with Crippen LogP contribution in [-0.2, 0) is 13.3 Å². The van der Waals surface area contributed by atoms with Crippen LogP contribution in [-0.4, -0.2) is 38.2 Å². The molecule has 1 aliphatic rings. The Morgan fingerprint density at radius 1 is 1.12 bits per heavy atom. The van der Waals surface area contributed by atoms with Gasteiger partial charge in [0.05, 0.1) is 0 Å². The Hall–Kier alpha value is 0.0538. The van der Waals surface area contributed by atoms with Gasteiger partial charge < -0.3 is 13.3 Å². The molecule has 0 heterocycles. The molecule has 0 aromatic carbocycles. The highest BCUT2D eigenvalue weighted by Crippen LogP contribution is 2.39. The minimum atomic E-state index is -2.12. The minimum Gasteiger partial charge on any atom is -0.421 e. The molecular weight excluding hydrogens is 236 g/mol. The fourth-order valence-electron chi connectivity index (χ4n) is 2.33. The lowest BCUT2D eigenvalue weighted by molar-refractivity contribution is 0.236. The Kier molecular flexibility index (Phi) is 4.94. The first kappa shape index (κ1) is 14.1. The third kappa shape index (κ3) is 3.04. The summed E-state index contributed by atoms with van der Waals surface area (Å²) < 4.78 is 17.3. The second-order valence-electron chi connectivity index (χ2n) is 4.97. The maximum atomic E-state index is 5.83. The fourth-order valence-corrected chi connectivity index (χ4v) is 11.7. The van der Waals surface area contributed by atoms with Gasteiger partial charge in [-0.25, -0.2) is 0 Å². The van der Waals surface area contributed by atoms with E-state index >= 15 is 0 Å². The molecule has 0 radical (unpaired) electrons. The highest BCUT2D eigenvalue weighted by molar-refractivity contribution is 6.88. The SMILES string of the molecule is CO[Si](C)(C)C[Si](OC)(OC)C1C=CCC1. The molecule has 0 spiro atoms. The van der Waals surface area contributed by atoms with Crippen LogP contribution in [0.1, 0.15) is 12.8 Å². The highest BCUT2D eigenvalue weighted by atomic mass is 28.4. The first-order chi connectivity index (χ1) is 7.49. The quantitative estimate of drug-likeness (QED) is 0.543. The fraction of sp³-hybridized carbons (Fsp3) is 0.818. The molecule has 0 aromatic rings. The molecule has 1 aliphatic carbocycles. The van der Waals surface area contributed by atoms with Gasteiger partial charge in [0.25, 0.3) is 0 Å². The van der Waals surface area contributed by atoms with Crippen molar-refractivity contribution in [2.75, 3.05) is 21.3 Å². The van der Waals surface area contributed by atoms with E-state index < -0.39 is 16.9 Å². The molecule has 0 aliphatic heterocycles. The Morgan fingerprint density at radius 3 is 2.12 bits per heavy atom. The average Bonchev–Trinajstić information content (AvgIpc) is 2.80. The van der Waals surface area contributed by atoms with Gasteiger partial charge in [-0.05, 0) is 25.9 Å². The maximum absolute atomic E-state index is 5.83. The molecule has 94 valence electrons. The van der Waals surface area contributed by atoms with E-state index in [1.807, 2.05) is 0 Å². The van der Waals surface area contributed by atoms with Crippen LogP contribution >= 0.6 is 0 Å². The summed E-state index contributed by atoms with van der Waals surface area (Å²) in [6.07, 6.45) is 6.84. The van der Waals surface area contributed by atoms with Crippen LogP contribution in [0.2, 0.25) is 24.3 Å². The monoisotopic (exact) mass is 260 g/mol. The van der Waals surface area contributed by atoms with Crippen LogP contribution in [0.25, 0.3) is 0 Å². The van der Waals surface area contributed by atoms with Crippen LogP contribution in [0.15, 0.2) is 12.2 Å². The molecule has 3 nitrogen and oxygen atoms in total. The van der Waals surface area contributed by atoms with Crippen molar-refractivity contribution < 1.29 is 13.3 Å². The minimum absolute atomic E-state index is 0.490. The molecule has 0 fully saturated rings. The topological polar surface area (TPSA) is 27.7 Å². The summed E-state index contributed by atoms with van der Waals surface area (Å²) in [4.78, 5) is 0. The predicted octanol–water partition coefficient (Wildman–Crippen LogP) is 2.83. The summed E-state index contributed by atoms with van der Waals surface area (Å²) in [6.45, 7) is 4.46. The molecule has 1 rings (SSSR count). The molecule has 1 atom stereocenters. The largest absolute Gasteiger partial charge is 0.421 e. The molecule has 0 bridgehead atoms. The Labute approximate surface area is 101 Å². The Balaban J connectivity index is 2.83. The first-order valence-corrected chi connectivity index (χ1v) is 11.0. The van der Waals surface area contributed by atoms with E-state index in [1.165, 1.54) is 6.42 Å². The zero-order valence-electron chi connectivity index (χ0n) is 11.1. The molecule has 0 amide bonds. The molecule has 0 N–H and O–H groups in total. The summed E-state index contributed by atoms with van der Waals surface area (Å²) in [6, 6.07) is 0. The van der Waals surface area contributed by atoms with Gasteiger partial charge in [0.15, 0.2) is 8.32 Å². The van der Waals surface area contributed by atoms with E-state index in [9.17, 15) is 0 Å². The van der Waals surface area contributed by atoms with Crippen LogP contribution < -0.4 is 0 Å². The summed E-state index contributed by atoms with van der Waals surface area (Å²) in [5.41, 5.74) is 1.49. The normalized spacial score (nSPS) is 21.7. The van der Waals surface area contributed by atoms with Gasteiger partial charge in [-0.1, -0.05) is 12.2 Å². The van der Waals surface area contributed by atoms with Crippen LogP contribution in [0, 0.1) is 0 Å². The highest BCUT2D eigenvalue weighted by Gasteiger charge is 2.48. The van der Waals surface area contributed by atoms with Gasteiger partial charge in [0, 0.05) is 32.5 Å². The van der Waals surface area contributed by atoms with Gasteiger partial charge in [0.2, 0.25) is 0 Å². The second-order valence-corrected chi connectivity index (χ2v) is 13.5. The lowest BCUT2D eigenvalue weighted by Gasteiger charge is -2.36. The average molecular weight is 260 g/mol. The molecule has 0 saturated carbocycles. The van der Waals surface area contributed by atoms with Gasteiger partial charge in [-0.15, -0.1) is 0 Å². The van der Waals surface area contributed by atoms with Gasteiger partial charge in [-0.2, -0.15) is 0 Å². The Bertz CT molecular complexity index is 250. The number of hydrogen-bond donors (Lipinski definition) is 0. The van der Waals surface area contributed by atoms with Crippen molar-refractivity contribution in [3.05, 3.63) is 12.2 Å². The van der Waals surface area contributed by atoms with Crippen LogP contribution in [0.4, 0.5) is 0 Å². The predicted molar refractivity (Wildman–Crippen MR) is 71.2 cm³/mol. The molecule has 0 aromatic heterocycles. The maximum Gasteiger partial charge on any atom is 0.344 e. The van der Waals surface area contributed by atoms with Gasteiger partial charge >= 0.3 is 8.56 Å². The zero-order valence-corrected chi connectivity index (χ0v) is 13.1. The van der Waals surface area contributed by atoms with E-state index in [-0.39, 0.29) is 0 Å². The molecule has 16 heavy (non-hydrogen) atoms. The summed E-state index contributed by atoms with van der Waals surface area (Å²) >= 11 is 0. The zero-order chi connectivity index (χ0) is 12.2. The standard InChI is InChI=1S/C11H24O3Si2/c1-12-15(4,5)10-16(13-2,14-3)11-8-6-7-9-11/h6,8,11H,7,9-10H2,1-5H3. The van der Waals surface area contributed by atoms with E-state index in [1.54, 1.807) is 21.3 Å². The van der Waals surface area contributed by atoms with E-state index in [4.69, 9.17) is 13.3 Å². The molecule has 1 unspecified atom stereocenters. The van der Waals surface area contributed by atoms with Crippen LogP contribution in [0.3, 0.4) is 0 Å². The smallest absolute Gasteiger partial charge is 0.344 e. The van der Waals surface area contributed by atoms with Crippen molar-refractivity contribution >= 4 is 16.9 Å². The lowest BCUT2D eigenvalue weighted by Crippen LogP contribution is -2.51. The van der Waals surface area contributed by atoms with Crippen molar-refractivity contribution in [1.29, 1.82) is 0 Å². The van der Waals surface area contributed by atoms with Crippen molar-refractivity contribution in [2.24, 2.45) is 0 Å². The van der Waals surface area contributed by atoms with E-state index in [0.29, 0.717) is 5.54 Å². The van der Waals surface area contributed by atoms with Gasteiger partial charge in [-0.3, -0.25) is 0 Å². The lowest BCUT2D eigenvalue weighted by atomic mass is 10.4. The second kappa shape index (κ2) is 5.59. The van der Waals surface area contributed by atoms with Crippen molar-refractivity contribution in [3.63, 3.8) is 0 Å². The van der Waals surface area contributed by atoms with Gasteiger partial charge in [0.1, 0.15) is 0 Å². The first-order valence-electron chi connectivity index (χ1n) is 5.82.